The second-order valence-corrected chi connectivity index (χ2v) is 6.12. The number of carboxylic acids is 1. The predicted molar refractivity (Wildman–Crippen MR) is 85.9 cm³/mol. The lowest BCUT2D eigenvalue weighted by molar-refractivity contribution is -0.131. The van der Waals surface area contributed by atoms with Crippen LogP contribution in [0.1, 0.15) is 26.3 Å². The van der Waals surface area contributed by atoms with Gasteiger partial charge < -0.3 is 14.9 Å². The number of fused-ring (bicyclic) bond motifs is 1. The quantitative estimate of drug-likeness (QED) is 0.658. The molecule has 0 saturated carbocycles. The Hall–Kier alpha value is -2.49. The molecule has 1 aliphatic rings. The van der Waals surface area contributed by atoms with E-state index in [4.69, 9.17) is 9.84 Å². The van der Waals surface area contributed by atoms with E-state index in [2.05, 4.69) is 19.9 Å². The van der Waals surface area contributed by atoms with Gasteiger partial charge >= 0.3 is 5.97 Å². The number of phenolic OH excluding ortho intramolecular Hbond substituents is 1. The van der Waals surface area contributed by atoms with Gasteiger partial charge in [-0.25, -0.2) is 4.79 Å². The Morgan fingerprint density at radius 2 is 2.09 bits per heavy atom. The van der Waals surface area contributed by atoms with Gasteiger partial charge in [-0.05, 0) is 36.3 Å². The Labute approximate surface area is 130 Å². The Morgan fingerprint density at radius 1 is 1.36 bits per heavy atom. The summed E-state index contributed by atoms with van der Waals surface area (Å²) in [4.78, 5) is 10.7. The molecule has 2 N–H and O–H groups in total. The van der Waals surface area contributed by atoms with Crippen LogP contribution in [0.5, 0.6) is 11.5 Å². The minimum absolute atomic E-state index is 0.166. The fourth-order valence-electron chi connectivity index (χ4n) is 2.28. The van der Waals surface area contributed by atoms with Gasteiger partial charge in [-0.15, -0.1) is 0 Å². The highest BCUT2D eigenvalue weighted by Crippen LogP contribution is 2.37. The molecule has 0 amide bonds. The van der Waals surface area contributed by atoms with E-state index in [9.17, 15) is 9.90 Å². The van der Waals surface area contributed by atoms with Crippen LogP contribution in [0.4, 0.5) is 0 Å². The Kier molecular flexibility index (Phi) is 4.40. The maximum absolute atomic E-state index is 10.7. The summed E-state index contributed by atoms with van der Waals surface area (Å²) in [6.45, 7) is 6.39. The summed E-state index contributed by atoms with van der Waals surface area (Å²) in [5.74, 6) is -0.1000. The minimum atomic E-state index is -0.973. The van der Waals surface area contributed by atoms with Crippen molar-refractivity contribution in [3.63, 3.8) is 0 Å². The van der Waals surface area contributed by atoms with E-state index in [1.54, 1.807) is 31.2 Å². The number of benzene rings is 1. The minimum Gasteiger partial charge on any atom is -0.508 e. The third-order valence-electron chi connectivity index (χ3n) is 3.30. The largest absolute Gasteiger partial charge is 0.508 e. The summed E-state index contributed by atoms with van der Waals surface area (Å²) in [6.07, 6.45) is 6.82. The van der Waals surface area contributed by atoms with E-state index in [0.29, 0.717) is 17.9 Å². The van der Waals surface area contributed by atoms with Crippen molar-refractivity contribution in [2.24, 2.45) is 5.41 Å². The molecule has 4 heteroatoms. The molecule has 0 atom stereocenters. The summed E-state index contributed by atoms with van der Waals surface area (Å²) < 4.78 is 5.81. The van der Waals surface area contributed by atoms with Crippen LogP contribution in [0.3, 0.4) is 0 Å². The molecule has 4 nitrogen and oxygen atoms in total. The number of ether oxygens (including phenoxy) is 1. The molecular weight excluding hydrogens is 280 g/mol. The normalized spacial score (nSPS) is 17.4. The van der Waals surface area contributed by atoms with Crippen LogP contribution in [0, 0.1) is 5.41 Å². The molecule has 116 valence electrons. The zero-order valence-corrected chi connectivity index (χ0v) is 13.0. The van der Waals surface area contributed by atoms with Gasteiger partial charge in [0.2, 0.25) is 0 Å². The van der Waals surface area contributed by atoms with Crippen LogP contribution in [0.15, 0.2) is 48.1 Å². The number of aliphatic carboxylic acids is 1. The molecule has 1 heterocycles. The van der Waals surface area contributed by atoms with Gasteiger partial charge in [-0.3, -0.25) is 0 Å². The second-order valence-electron chi connectivity index (χ2n) is 6.12. The molecule has 0 saturated heterocycles. The van der Waals surface area contributed by atoms with Crippen molar-refractivity contribution >= 4 is 11.5 Å². The van der Waals surface area contributed by atoms with Crippen molar-refractivity contribution in [3.05, 3.63) is 53.6 Å². The first-order valence-electron chi connectivity index (χ1n) is 7.05. The molecule has 0 unspecified atom stereocenters. The van der Waals surface area contributed by atoms with E-state index >= 15 is 0 Å². The number of allylic oxidation sites excluding steroid dienone is 4. The molecule has 22 heavy (non-hydrogen) atoms. The second kappa shape index (κ2) is 6.10. The van der Waals surface area contributed by atoms with E-state index in [1.165, 1.54) is 0 Å². The molecule has 0 spiro atoms. The van der Waals surface area contributed by atoms with Crippen LogP contribution in [0.25, 0.3) is 5.57 Å². The lowest BCUT2D eigenvalue weighted by atomic mass is 9.90. The first kappa shape index (κ1) is 15.9. The number of rotatable bonds is 3. The summed E-state index contributed by atoms with van der Waals surface area (Å²) in [6, 6.07) is 4.99. The summed E-state index contributed by atoms with van der Waals surface area (Å²) in [7, 11) is 0. The van der Waals surface area contributed by atoms with E-state index in [0.717, 1.165) is 17.2 Å². The molecular formula is C18H20O4. The Bertz CT molecular complexity index is 678. The monoisotopic (exact) mass is 300 g/mol. The summed E-state index contributed by atoms with van der Waals surface area (Å²) in [5.41, 5.74) is 2.16. The molecule has 1 aromatic carbocycles. The Balaban J connectivity index is 2.46. The lowest BCUT2D eigenvalue weighted by Crippen LogP contribution is -2.17. The first-order chi connectivity index (χ1) is 10.3. The third-order valence-corrected chi connectivity index (χ3v) is 3.30. The van der Waals surface area contributed by atoms with Crippen molar-refractivity contribution in [2.75, 3.05) is 6.61 Å². The standard InChI is InChI=1S/C18H20O4/c1-12(8-17(20)21)4-5-13-10-18(2,3)11-22-16-7-6-14(19)9-15(13)16/h4-10,19H,11H2,1-3H3,(H,20,21)/b5-4+,12-8+. The lowest BCUT2D eigenvalue weighted by Gasteiger charge is -2.18. The molecule has 1 aromatic rings. The van der Waals surface area contributed by atoms with Crippen LogP contribution >= 0.6 is 0 Å². The fraction of sp³-hybridized carbons (Fsp3) is 0.278. The SMILES string of the molecule is CC(/C=C/C1=CC(C)(C)COc2ccc(O)cc21)=C\C(=O)O. The van der Waals surface area contributed by atoms with Crippen molar-refractivity contribution in [1.82, 2.24) is 0 Å². The molecule has 0 fully saturated rings. The number of hydrogen-bond acceptors (Lipinski definition) is 3. The fourth-order valence-corrected chi connectivity index (χ4v) is 2.28. The maximum atomic E-state index is 10.7. The van der Waals surface area contributed by atoms with Crippen molar-refractivity contribution in [2.45, 2.75) is 20.8 Å². The molecule has 0 radical (unpaired) electrons. The van der Waals surface area contributed by atoms with Gasteiger partial charge in [0.1, 0.15) is 11.5 Å². The molecule has 1 aliphatic heterocycles. The zero-order chi connectivity index (χ0) is 16.3. The topological polar surface area (TPSA) is 66.8 Å². The molecule has 2 rings (SSSR count). The van der Waals surface area contributed by atoms with Crippen molar-refractivity contribution in [1.29, 1.82) is 0 Å². The highest BCUT2D eigenvalue weighted by Gasteiger charge is 2.23. The zero-order valence-electron chi connectivity index (χ0n) is 13.0. The molecule has 0 aliphatic carbocycles. The average Bonchev–Trinajstić information content (AvgIpc) is 2.53. The number of carbonyl (C=O) groups is 1. The third kappa shape index (κ3) is 4.01. The van der Waals surface area contributed by atoms with Crippen LogP contribution in [0.2, 0.25) is 0 Å². The van der Waals surface area contributed by atoms with Crippen LogP contribution < -0.4 is 4.74 Å². The molecule has 0 bridgehead atoms. The van der Waals surface area contributed by atoms with Crippen LogP contribution in [-0.4, -0.2) is 22.8 Å². The van der Waals surface area contributed by atoms with Crippen LogP contribution in [-0.2, 0) is 4.79 Å². The van der Waals surface area contributed by atoms with Gasteiger partial charge in [-0.2, -0.15) is 0 Å². The van der Waals surface area contributed by atoms with Gasteiger partial charge in [-0.1, -0.05) is 32.1 Å². The predicted octanol–water partition coefficient (Wildman–Crippen LogP) is 3.78. The summed E-state index contributed by atoms with van der Waals surface area (Å²) in [5, 5.41) is 18.5. The average molecular weight is 300 g/mol. The van der Waals surface area contributed by atoms with E-state index < -0.39 is 5.97 Å². The summed E-state index contributed by atoms with van der Waals surface area (Å²) >= 11 is 0. The van der Waals surface area contributed by atoms with Crippen molar-refractivity contribution < 1.29 is 19.7 Å². The highest BCUT2D eigenvalue weighted by molar-refractivity contribution is 5.83. The van der Waals surface area contributed by atoms with Gasteiger partial charge in [0.25, 0.3) is 0 Å². The Morgan fingerprint density at radius 3 is 2.77 bits per heavy atom. The highest BCUT2D eigenvalue weighted by atomic mass is 16.5. The van der Waals surface area contributed by atoms with Gasteiger partial charge in [0.15, 0.2) is 0 Å². The smallest absolute Gasteiger partial charge is 0.328 e. The molecule has 0 aromatic heterocycles. The van der Waals surface area contributed by atoms with E-state index in [-0.39, 0.29) is 11.2 Å². The van der Waals surface area contributed by atoms with Crippen molar-refractivity contribution in [3.8, 4) is 11.5 Å². The van der Waals surface area contributed by atoms with Gasteiger partial charge in [0.05, 0.1) is 6.61 Å². The number of phenols is 1. The number of aromatic hydroxyl groups is 1. The maximum Gasteiger partial charge on any atom is 0.328 e. The number of hydrogen-bond donors (Lipinski definition) is 2. The first-order valence-corrected chi connectivity index (χ1v) is 7.05. The number of carboxylic acid groups (broad SMARTS) is 1. The van der Waals surface area contributed by atoms with E-state index in [1.807, 2.05) is 6.08 Å². The van der Waals surface area contributed by atoms with Gasteiger partial charge in [0, 0.05) is 17.1 Å².